The zero-order chi connectivity index (χ0) is 18.1. The Hall–Kier alpha value is -3.81. The smallest absolute Gasteiger partial charge is 0.270 e. The van der Waals surface area contributed by atoms with Gasteiger partial charge >= 0.3 is 0 Å². The number of carbonyl (C=O) groups excluding carboxylic acids is 3. The van der Waals surface area contributed by atoms with Crippen LogP contribution in [0.4, 0.5) is 11.4 Å². The zero-order valence-electron chi connectivity index (χ0n) is 12.7. The summed E-state index contributed by atoms with van der Waals surface area (Å²) in [6, 6.07) is 9.90. The molecule has 0 unspecified atom stereocenters. The lowest BCUT2D eigenvalue weighted by molar-refractivity contribution is -0.384. The fraction of sp³-hybridized carbons (Fsp3) is 0. The fourth-order valence-corrected chi connectivity index (χ4v) is 2.46. The van der Waals surface area contributed by atoms with E-state index in [0.29, 0.717) is 10.5 Å². The number of nitrogens with two attached hydrogens (primary N) is 1. The normalized spacial score (nSPS) is 13.4. The Morgan fingerprint density at radius 1 is 1.08 bits per heavy atom. The lowest BCUT2D eigenvalue weighted by Crippen LogP contribution is -2.34. The Kier molecular flexibility index (Phi) is 3.86. The molecule has 0 fully saturated rings. The summed E-state index contributed by atoms with van der Waals surface area (Å²) in [6.07, 6.45) is 2.41. The summed E-state index contributed by atoms with van der Waals surface area (Å²) in [5.74, 6) is -2.31. The molecule has 0 atom stereocenters. The average molecular weight is 337 g/mol. The molecule has 8 heteroatoms. The van der Waals surface area contributed by atoms with E-state index in [-0.39, 0.29) is 22.5 Å². The van der Waals surface area contributed by atoms with Gasteiger partial charge in [-0.3, -0.25) is 24.5 Å². The first-order valence-electron chi connectivity index (χ1n) is 7.14. The first-order valence-corrected chi connectivity index (χ1v) is 7.14. The van der Waals surface area contributed by atoms with Crippen LogP contribution in [0.3, 0.4) is 0 Å². The number of nitro benzene ring substituents is 1. The third kappa shape index (κ3) is 2.76. The van der Waals surface area contributed by atoms with Crippen molar-refractivity contribution in [3.05, 3.63) is 75.3 Å². The van der Waals surface area contributed by atoms with Crippen LogP contribution >= 0.6 is 0 Å². The van der Waals surface area contributed by atoms with Gasteiger partial charge in [-0.05, 0) is 35.9 Å². The first kappa shape index (κ1) is 16.1. The van der Waals surface area contributed by atoms with E-state index in [1.165, 1.54) is 48.5 Å². The monoisotopic (exact) mass is 337 g/mol. The molecule has 0 spiro atoms. The number of hydrogen-bond donors (Lipinski definition) is 1. The Bertz CT molecular complexity index is 947. The van der Waals surface area contributed by atoms with E-state index in [0.717, 1.165) is 6.08 Å². The molecule has 1 aliphatic heterocycles. The third-order valence-corrected chi connectivity index (χ3v) is 3.69. The fourth-order valence-electron chi connectivity index (χ4n) is 2.46. The number of imide groups is 3. The first-order chi connectivity index (χ1) is 11.9. The molecule has 0 bridgehead atoms. The number of nitrogens with zero attached hydrogens (tertiary/aromatic N) is 2. The maximum atomic E-state index is 12.3. The maximum Gasteiger partial charge on any atom is 0.270 e. The number of benzene rings is 2. The summed E-state index contributed by atoms with van der Waals surface area (Å²) in [5.41, 5.74) is 6.37. The SMILES string of the molecule is Nc1cccc2c1C(=O)N(C(=O)C=Cc1ccc([N+](=O)[O-])cc1)C2=O. The summed E-state index contributed by atoms with van der Waals surface area (Å²) in [4.78, 5) is 47.4. The Morgan fingerprint density at radius 3 is 2.36 bits per heavy atom. The van der Waals surface area contributed by atoms with Crippen LogP contribution in [-0.2, 0) is 4.79 Å². The van der Waals surface area contributed by atoms with Crippen LogP contribution in [0.2, 0.25) is 0 Å². The predicted molar refractivity (Wildman–Crippen MR) is 88.5 cm³/mol. The molecule has 8 nitrogen and oxygen atoms in total. The van der Waals surface area contributed by atoms with Crippen molar-refractivity contribution in [3.8, 4) is 0 Å². The van der Waals surface area contributed by atoms with Crippen LogP contribution in [0.5, 0.6) is 0 Å². The van der Waals surface area contributed by atoms with Crippen molar-refractivity contribution >= 4 is 35.2 Å². The van der Waals surface area contributed by atoms with Gasteiger partial charge in [0.25, 0.3) is 23.4 Å². The number of amides is 3. The molecule has 3 rings (SSSR count). The molecule has 2 N–H and O–H groups in total. The zero-order valence-corrected chi connectivity index (χ0v) is 12.7. The Labute approximate surface area is 141 Å². The van der Waals surface area contributed by atoms with E-state index in [2.05, 4.69) is 0 Å². The van der Waals surface area contributed by atoms with E-state index in [1.54, 1.807) is 0 Å². The lowest BCUT2D eigenvalue weighted by atomic mass is 10.1. The molecule has 3 amide bonds. The number of fused-ring (bicyclic) bond motifs is 1. The molecular formula is C17H11N3O5. The average Bonchev–Trinajstić information content (AvgIpc) is 2.85. The lowest BCUT2D eigenvalue weighted by Gasteiger charge is -2.08. The molecule has 2 aromatic carbocycles. The number of rotatable bonds is 3. The minimum atomic E-state index is -0.816. The van der Waals surface area contributed by atoms with Crippen LogP contribution in [-0.4, -0.2) is 27.5 Å². The molecule has 1 aliphatic rings. The number of anilines is 1. The van der Waals surface area contributed by atoms with Gasteiger partial charge in [-0.25, -0.2) is 4.90 Å². The topological polar surface area (TPSA) is 124 Å². The quantitative estimate of drug-likeness (QED) is 0.300. The largest absolute Gasteiger partial charge is 0.398 e. The van der Waals surface area contributed by atoms with Crippen LogP contribution in [0.1, 0.15) is 26.3 Å². The van der Waals surface area contributed by atoms with Crippen LogP contribution in [0.15, 0.2) is 48.5 Å². The minimum Gasteiger partial charge on any atom is -0.398 e. The Balaban J connectivity index is 1.82. The van der Waals surface area contributed by atoms with Crippen LogP contribution in [0, 0.1) is 10.1 Å². The van der Waals surface area contributed by atoms with Gasteiger partial charge in [0.1, 0.15) is 0 Å². The van der Waals surface area contributed by atoms with Crippen molar-refractivity contribution in [2.45, 2.75) is 0 Å². The van der Waals surface area contributed by atoms with Crippen LogP contribution < -0.4 is 5.73 Å². The number of non-ortho nitro benzene ring substituents is 1. The van der Waals surface area contributed by atoms with Gasteiger partial charge in [-0.2, -0.15) is 0 Å². The highest BCUT2D eigenvalue weighted by Crippen LogP contribution is 2.27. The summed E-state index contributed by atoms with van der Waals surface area (Å²) in [6.45, 7) is 0. The molecule has 124 valence electrons. The van der Waals surface area contributed by atoms with Crippen molar-refractivity contribution < 1.29 is 19.3 Å². The van der Waals surface area contributed by atoms with Crippen molar-refractivity contribution in [2.24, 2.45) is 0 Å². The van der Waals surface area contributed by atoms with Gasteiger partial charge < -0.3 is 5.73 Å². The van der Waals surface area contributed by atoms with E-state index < -0.39 is 22.6 Å². The van der Waals surface area contributed by atoms with Crippen molar-refractivity contribution in [2.75, 3.05) is 5.73 Å². The molecule has 25 heavy (non-hydrogen) atoms. The summed E-state index contributed by atoms with van der Waals surface area (Å²) in [5, 5.41) is 10.6. The highest BCUT2D eigenvalue weighted by Gasteiger charge is 2.40. The molecular weight excluding hydrogens is 326 g/mol. The van der Waals surface area contributed by atoms with Crippen molar-refractivity contribution in [1.29, 1.82) is 0 Å². The molecule has 0 aliphatic carbocycles. The van der Waals surface area contributed by atoms with E-state index in [4.69, 9.17) is 5.73 Å². The number of carbonyl (C=O) groups is 3. The van der Waals surface area contributed by atoms with Gasteiger partial charge in [0, 0.05) is 23.9 Å². The highest BCUT2D eigenvalue weighted by atomic mass is 16.6. The summed E-state index contributed by atoms with van der Waals surface area (Å²) >= 11 is 0. The van der Waals surface area contributed by atoms with Gasteiger partial charge in [0.2, 0.25) is 0 Å². The van der Waals surface area contributed by atoms with Gasteiger partial charge in [0.15, 0.2) is 0 Å². The second-order valence-electron chi connectivity index (χ2n) is 5.24. The number of nitrogen functional groups attached to an aromatic ring is 1. The molecule has 0 saturated heterocycles. The van der Waals surface area contributed by atoms with E-state index in [1.807, 2.05) is 0 Å². The summed E-state index contributed by atoms with van der Waals surface area (Å²) < 4.78 is 0. The van der Waals surface area contributed by atoms with Gasteiger partial charge in [0.05, 0.1) is 16.1 Å². The molecule has 2 aromatic rings. The predicted octanol–water partition coefficient (Wildman–Crippen LogP) is 2.01. The van der Waals surface area contributed by atoms with Crippen molar-refractivity contribution in [1.82, 2.24) is 4.90 Å². The number of nitro groups is 1. The van der Waals surface area contributed by atoms with Crippen molar-refractivity contribution in [3.63, 3.8) is 0 Å². The third-order valence-electron chi connectivity index (χ3n) is 3.69. The van der Waals surface area contributed by atoms with Gasteiger partial charge in [-0.1, -0.05) is 6.07 Å². The van der Waals surface area contributed by atoms with Crippen LogP contribution in [0.25, 0.3) is 6.08 Å². The van der Waals surface area contributed by atoms with E-state index >= 15 is 0 Å². The molecule has 1 heterocycles. The molecule has 0 saturated carbocycles. The standard InChI is InChI=1S/C17H11N3O5/c18-13-3-1-2-12-15(13)17(23)19(16(12)22)14(21)9-6-10-4-7-11(8-5-10)20(24)25/h1-9H,18H2. The second kappa shape index (κ2) is 6.00. The molecule has 0 radical (unpaired) electrons. The number of hydrogen-bond acceptors (Lipinski definition) is 6. The molecule has 0 aromatic heterocycles. The maximum absolute atomic E-state index is 12.3. The Morgan fingerprint density at radius 2 is 1.76 bits per heavy atom. The second-order valence-corrected chi connectivity index (χ2v) is 5.24. The van der Waals surface area contributed by atoms with E-state index in [9.17, 15) is 24.5 Å². The highest BCUT2D eigenvalue weighted by molar-refractivity contribution is 6.32. The minimum absolute atomic E-state index is 0.0181. The summed E-state index contributed by atoms with van der Waals surface area (Å²) in [7, 11) is 0. The van der Waals surface area contributed by atoms with Gasteiger partial charge in [-0.15, -0.1) is 0 Å².